The molecule has 0 saturated heterocycles. The zero-order valence-corrected chi connectivity index (χ0v) is 14.3. The zero-order valence-electron chi connectivity index (χ0n) is 13.5. The van der Waals surface area contributed by atoms with E-state index < -0.39 is 0 Å². The summed E-state index contributed by atoms with van der Waals surface area (Å²) in [5.74, 6) is -0.349. The molecule has 0 saturated carbocycles. The molecule has 0 bridgehead atoms. The summed E-state index contributed by atoms with van der Waals surface area (Å²) in [7, 11) is 1.99. The van der Waals surface area contributed by atoms with Gasteiger partial charge in [-0.3, -0.25) is 9.59 Å². The maximum atomic E-state index is 12.1. The number of benzene rings is 1. The van der Waals surface area contributed by atoms with Crippen molar-refractivity contribution in [2.24, 2.45) is 7.05 Å². The fourth-order valence-corrected chi connectivity index (χ4v) is 3.35. The van der Waals surface area contributed by atoms with E-state index >= 15 is 0 Å². The molecule has 6 nitrogen and oxygen atoms in total. The number of carbonyl (C=O) groups is 2. The monoisotopic (exact) mass is 342 g/mol. The van der Waals surface area contributed by atoms with Crippen molar-refractivity contribution in [3.63, 3.8) is 0 Å². The minimum atomic E-state index is -0.235. The van der Waals surface area contributed by atoms with E-state index in [1.54, 1.807) is 5.38 Å². The Morgan fingerprint density at radius 1 is 1.21 bits per heavy atom. The van der Waals surface area contributed by atoms with E-state index in [0.717, 1.165) is 21.6 Å². The quantitative estimate of drug-likeness (QED) is 0.698. The smallest absolute Gasteiger partial charge is 0.270 e. The first-order chi connectivity index (χ1) is 11.6. The van der Waals surface area contributed by atoms with Crippen molar-refractivity contribution in [2.45, 2.75) is 6.92 Å². The van der Waals surface area contributed by atoms with Crippen LogP contribution >= 0.6 is 11.3 Å². The van der Waals surface area contributed by atoms with Crippen molar-refractivity contribution >= 4 is 34.1 Å². The maximum Gasteiger partial charge on any atom is 0.270 e. The van der Waals surface area contributed by atoms with Crippen LogP contribution in [0, 0.1) is 0 Å². The van der Waals surface area contributed by atoms with Gasteiger partial charge >= 0.3 is 0 Å². The molecule has 0 aliphatic heterocycles. The van der Waals surface area contributed by atoms with Gasteiger partial charge in [0.25, 0.3) is 5.91 Å². The van der Waals surface area contributed by atoms with Crippen molar-refractivity contribution in [1.82, 2.24) is 20.2 Å². The van der Waals surface area contributed by atoms with Crippen molar-refractivity contribution in [2.75, 3.05) is 13.1 Å². The van der Waals surface area contributed by atoms with Gasteiger partial charge in [-0.05, 0) is 12.1 Å². The van der Waals surface area contributed by atoms with Gasteiger partial charge in [0, 0.05) is 43.3 Å². The molecular weight excluding hydrogens is 324 g/mol. The number of para-hydroxylation sites is 1. The van der Waals surface area contributed by atoms with Crippen molar-refractivity contribution in [3.05, 3.63) is 41.4 Å². The minimum Gasteiger partial charge on any atom is -0.355 e. The predicted molar refractivity (Wildman–Crippen MR) is 95.0 cm³/mol. The van der Waals surface area contributed by atoms with Crippen LogP contribution in [0.3, 0.4) is 0 Å². The predicted octanol–water partition coefficient (Wildman–Crippen LogP) is 2.17. The third-order valence-corrected chi connectivity index (χ3v) is 4.56. The zero-order chi connectivity index (χ0) is 17.1. The summed E-state index contributed by atoms with van der Waals surface area (Å²) in [6, 6.07) is 10.2. The fourth-order valence-electron chi connectivity index (χ4n) is 2.49. The Kier molecular flexibility index (Phi) is 4.61. The molecule has 0 spiro atoms. The molecule has 3 aromatic rings. The number of nitrogens with zero attached hydrogens (tertiary/aromatic N) is 2. The number of hydrogen-bond acceptors (Lipinski definition) is 4. The van der Waals surface area contributed by atoms with E-state index in [-0.39, 0.29) is 11.8 Å². The Bertz CT molecular complexity index is 897. The Hall–Kier alpha value is -2.67. The highest BCUT2D eigenvalue weighted by Gasteiger charge is 2.14. The number of aromatic nitrogens is 2. The molecule has 2 aromatic heterocycles. The number of hydrogen-bond donors (Lipinski definition) is 2. The highest BCUT2D eigenvalue weighted by atomic mass is 32.1. The van der Waals surface area contributed by atoms with E-state index in [0.29, 0.717) is 18.8 Å². The lowest BCUT2D eigenvalue weighted by molar-refractivity contribution is -0.118. The molecule has 0 aliphatic carbocycles. The topological polar surface area (TPSA) is 76.0 Å². The molecule has 2 N–H and O–H groups in total. The molecule has 0 fully saturated rings. The summed E-state index contributed by atoms with van der Waals surface area (Å²) in [5, 5.41) is 9.08. The molecule has 0 atom stereocenters. The Morgan fingerprint density at radius 3 is 2.71 bits per heavy atom. The molecule has 1 aromatic carbocycles. The number of nitrogens with one attached hydrogen (secondary N) is 2. The molecule has 2 heterocycles. The number of rotatable bonds is 5. The van der Waals surface area contributed by atoms with Gasteiger partial charge in [0.05, 0.1) is 5.69 Å². The van der Waals surface area contributed by atoms with E-state index in [1.165, 1.54) is 18.3 Å². The molecule has 2 amide bonds. The molecule has 7 heteroatoms. The van der Waals surface area contributed by atoms with Crippen LogP contribution in [0.4, 0.5) is 0 Å². The van der Waals surface area contributed by atoms with Crippen LogP contribution in [0.25, 0.3) is 21.6 Å². The number of fused-ring (bicyclic) bond motifs is 1. The van der Waals surface area contributed by atoms with Gasteiger partial charge in [-0.2, -0.15) is 0 Å². The lowest BCUT2D eigenvalue weighted by atomic mass is 10.2. The van der Waals surface area contributed by atoms with E-state index in [1.807, 2.05) is 19.2 Å². The second-order valence-electron chi connectivity index (χ2n) is 5.42. The number of amides is 2. The normalized spacial score (nSPS) is 10.8. The summed E-state index contributed by atoms with van der Waals surface area (Å²) < 4.78 is 2.08. The summed E-state index contributed by atoms with van der Waals surface area (Å²) in [6.45, 7) is 2.22. The third-order valence-electron chi connectivity index (χ3n) is 3.69. The van der Waals surface area contributed by atoms with Gasteiger partial charge in [0.15, 0.2) is 0 Å². The van der Waals surface area contributed by atoms with Crippen molar-refractivity contribution < 1.29 is 9.59 Å². The van der Waals surface area contributed by atoms with Gasteiger partial charge in [-0.15, -0.1) is 11.3 Å². The molecule has 0 radical (unpaired) electrons. The average molecular weight is 342 g/mol. The van der Waals surface area contributed by atoms with Gasteiger partial charge in [-0.1, -0.05) is 18.2 Å². The summed E-state index contributed by atoms with van der Waals surface area (Å²) in [4.78, 5) is 27.3. The van der Waals surface area contributed by atoms with Gasteiger partial charge in [0.2, 0.25) is 5.91 Å². The molecule has 3 rings (SSSR count). The van der Waals surface area contributed by atoms with Gasteiger partial charge in [-0.25, -0.2) is 4.98 Å². The number of carbonyl (C=O) groups excluding carboxylic acids is 2. The third kappa shape index (κ3) is 3.30. The highest BCUT2D eigenvalue weighted by molar-refractivity contribution is 7.13. The second kappa shape index (κ2) is 6.84. The van der Waals surface area contributed by atoms with Gasteiger partial charge in [0.1, 0.15) is 10.7 Å². The van der Waals surface area contributed by atoms with Crippen molar-refractivity contribution in [1.29, 1.82) is 0 Å². The molecule has 0 aliphatic rings. The molecular formula is C17H18N4O2S. The molecule has 0 unspecified atom stereocenters. The maximum absolute atomic E-state index is 12.1. The fraction of sp³-hybridized carbons (Fsp3) is 0.235. The average Bonchev–Trinajstić information content (AvgIpc) is 3.17. The molecule has 24 heavy (non-hydrogen) atoms. The van der Waals surface area contributed by atoms with E-state index in [9.17, 15) is 9.59 Å². The highest BCUT2D eigenvalue weighted by Crippen LogP contribution is 2.29. The van der Waals surface area contributed by atoms with E-state index in [2.05, 4.69) is 38.4 Å². The first kappa shape index (κ1) is 16.2. The standard InChI is InChI=1S/C17H18N4O2S/c1-11(22)18-7-8-19-16(23)13-10-24-17(20-13)15-9-12-5-3-4-6-14(12)21(15)2/h3-6,9-10H,7-8H2,1-2H3,(H,18,22)(H,19,23). The summed E-state index contributed by atoms with van der Waals surface area (Å²) in [5.41, 5.74) is 2.51. The minimum absolute atomic E-state index is 0.115. The largest absolute Gasteiger partial charge is 0.355 e. The van der Waals surface area contributed by atoms with E-state index in [4.69, 9.17) is 0 Å². The van der Waals surface area contributed by atoms with Crippen LogP contribution in [-0.4, -0.2) is 34.5 Å². The van der Waals surface area contributed by atoms with Crippen LogP contribution in [0.1, 0.15) is 17.4 Å². The van der Waals surface area contributed by atoms with Crippen LogP contribution < -0.4 is 10.6 Å². The Morgan fingerprint density at radius 2 is 1.96 bits per heavy atom. The van der Waals surface area contributed by atoms with Gasteiger partial charge < -0.3 is 15.2 Å². The molecule has 124 valence electrons. The SMILES string of the molecule is CC(=O)NCCNC(=O)c1csc(-c2cc3ccccc3n2C)n1. The van der Waals surface area contributed by atoms with Crippen LogP contribution in [-0.2, 0) is 11.8 Å². The number of aryl methyl sites for hydroxylation is 1. The van der Waals surface area contributed by atoms with Crippen LogP contribution in [0.5, 0.6) is 0 Å². The summed E-state index contributed by atoms with van der Waals surface area (Å²) in [6.07, 6.45) is 0. The van der Waals surface area contributed by atoms with Crippen LogP contribution in [0.2, 0.25) is 0 Å². The van der Waals surface area contributed by atoms with Crippen LogP contribution in [0.15, 0.2) is 35.7 Å². The Balaban J connectivity index is 1.73. The first-order valence-corrected chi connectivity index (χ1v) is 8.47. The second-order valence-corrected chi connectivity index (χ2v) is 6.28. The number of thiazole rings is 1. The lowest BCUT2D eigenvalue weighted by Gasteiger charge is -2.03. The van der Waals surface area contributed by atoms with Crippen molar-refractivity contribution in [3.8, 4) is 10.7 Å². The lowest BCUT2D eigenvalue weighted by Crippen LogP contribution is -2.33. The summed E-state index contributed by atoms with van der Waals surface area (Å²) >= 11 is 1.44. The first-order valence-electron chi connectivity index (χ1n) is 7.59. The Labute approximate surface area is 143 Å².